The van der Waals surface area contributed by atoms with E-state index in [1.807, 2.05) is 26.0 Å². The summed E-state index contributed by atoms with van der Waals surface area (Å²) in [5.41, 5.74) is 2.60. The van der Waals surface area contributed by atoms with E-state index >= 15 is 0 Å². The third-order valence-electron chi connectivity index (χ3n) is 4.50. The summed E-state index contributed by atoms with van der Waals surface area (Å²) in [5, 5.41) is 13.7. The molecule has 1 N–H and O–H groups in total. The quantitative estimate of drug-likeness (QED) is 0.457. The molecule has 0 spiro atoms. The van der Waals surface area contributed by atoms with Crippen molar-refractivity contribution in [2.24, 2.45) is 0 Å². The fourth-order valence-electron chi connectivity index (χ4n) is 3.16. The summed E-state index contributed by atoms with van der Waals surface area (Å²) in [4.78, 5) is 22.9. The third kappa shape index (κ3) is 4.14. The number of hydrogen-bond donors (Lipinski definition) is 1. The summed E-state index contributed by atoms with van der Waals surface area (Å²) in [7, 11) is 0. The molecule has 0 unspecified atom stereocenters. The van der Waals surface area contributed by atoms with Gasteiger partial charge in [-0.3, -0.25) is 14.9 Å². The van der Waals surface area contributed by atoms with Crippen LogP contribution in [0.3, 0.4) is 0 Å². The van der Waals surface area contributed by atoms with Crippen molar-refractivity contribution in [3.05, 3.63) is 63.2 Å². The van der Waals surface area contributed by atoms with E-state index in [4.69, 9.17) is 9.47 Å². The van der Waals surface area contributed by atoms with E-state index in [0.29, 0.717) is 23.6 Å². The van der Waals surface area contributed by atoms with Gasteiger partial charge in [-0.15, -0.1) is 0 Å². The summed E-state index contributed by atoms with van der Waals surface area (Å²) in [5.74, 6) is 1.10. The van der Waals surface area contributed by atoms with Crippen LogP contribution in [0.25, 0.3) is 6.08 Å². The molecule has 0 radical (unpaired) electrons. The fraction of sp³-hybridized carbons (Fsp3) is 0.286. The topological polar surface area (TPSA) is 90.7 Å². The summed E-state index contributed by atoms with van der Waals surface area (Å²) >= 11 is 0. The van der Waals surface area contributed by atoms with Crippen LogP contribution in [0.2, 0.25) is 0 Å². The highest BCUT2D eigenvalue weighted by Crippen LogP contribution is 2.35. The first kappa shape index (κ1) is 19.4. The number of nitro groups is 1. The molecule has 3 rings (SSSR count). The molecule has 2 aromatic carbocycles. The zero-order chi connectivity index (χ0) is 20.3. The van der Waals surface area contributed by atoms with E-state index in [2.05, 4.69) is 5.32 Å². The van der Waals surface area contributed by atoms with Crippen molar-refractivity contribution < 1.29 is 19.2 Å². The zero-order valence-electron chi connectivity index (χ0n) is 16.0. The highest BCUT2D eigenvalue weighted by Gasteiger charge is 2.21. The molecule has 146 valence electrons. The maximum absolute atomic E-state index is 12.3. The van der Waals surface area contributed by atoms with Crippen molar-refractivity contribution in [1.82, 2.24) is 0 Å². The normalized spacial score (nSPS) is 15.2. The standard InChI is InChI=1S/C21H22N2O5/c1-4-27-19-12-16-10-13(2)28-20(16)11-15(19)8-9-21(24)22-17-6-5-7-18(14(17)3)23(25)26/h5-9,11-13H,4,10H2,1-3H3,(H,22,24)/b9-8+/t13-/m1/s1. The zero-order valence-corrected chi connectivity index (χ0v) is 16.0. The molecule has 1 heterocycles. The van der Waals surface area contributed by atoms with E-state index in [9.17, 15) is 14.9 Å². The van der Waals surface area contributed by atoms with Gasteiger partial charge in [-0.1, -0.05) is 6.07 Å². The molecule has 2 aromatic rings. The van der Waals surface area contributed by atoms with E-state index in [0.717, 1.165) is 23.3 Å². The molecule has 1 aliphatic rings. The van der Waals surface area contributed by atoms with Crippen molar-refractivity contribution in [2.75, 3.05) is 11.9 Å². The number of ether oxygens (including phenoxy) is 2. The van der Waals surface area contributed by atoms with E-state index in [-0.39, 0.29) is 17.7 Å². The number of rotatable bonds is 6. The van der Waals surface area contributed by atoms with Crippen molar-refractivity contribution in [2.45, 2.75) is 33.3 Å². The number of anilines is 1. The maximum atomic E-state index is 12.3. The third-order valence-corrected chi connectivity index (χ3v) is 4.50. The smallest absolute Gasteiger partial charge is 0.274 e. The number of carbonyl (C=O) groups is 1. The molecule has 7 nitrogen and oxygen atoms in total. The number of nitrogens with zero attached hydrogens (tertiary/aromatic N) is 1. The van der Waals surface area contributed by atoms with Crippen LogP contribution in [0.1, 0.15) is 30.5 Å². The van der Waals surface area contributed by atoms with Gasteiger partial charge in [-0.05, 0) is 45.0 Å². The van der Waals surface area contributed by atoms with Crippen molar-refractivity contribution in [3.63, 3.8) is 0 Å². The van der Waals surface area contributed by atoms with Crippen molar-refractivity contribution in [3.8, 4) is 11.5 Å². The Labute approximate surface area is 163 Å². The Morgan fingerprint density at radius 1 is 1.43 bits per heavy atom. The lowest BCUT2D eigenvalue weighted by molar-refractivity contribution is -0.385. The van der Waals surface area contributed by atoms with Crippen molar-refractivity contribution >= 4 is 23.4 Å². The molecular formula is C21H22N2O5. The summed E-state index contributed by atoms with van der Waals surface area (Å²) < 4.78 is 11.5. The van der Waals surface area contributed by atoms with Gasteiger partial charge < -0.3 is 14.8 Å². The second-order valence-corrected chi connectivity index (χ2v) is 6.59. The first-order valence-corrected chi connectivity index (χ1v) is 9.08. The summed E-state index contributed by atoms with van der Waals surface area (Å²) in [6.45, 7) is 6.01. The Bertz CT molecular complexity index is 952. The number of carbonyl (C=O) groups excluding carboxylic acids is 1. The lowest BCUT2D eigenvalue weighted by Gasteiger charge is -2.10. The average Bonchev–Trinajstić information content (AvgIpc) is 3.00. The second-order valence-electron chi connectivity index (χ2n) is 6.59. The first-order chi connectivity index (χ1) is 13.4. The molecule has 1 aliphatic heterocycles. The minimum atomic E-state index is -0.471. The van der Waals surface area contributed by atoms with Crippen LogP contribution in [-0.2, 0) is 11.2 Å². The Kier molecular flexibility index (Phi) is 5.63. The number of hydrogen-bond acceptors (Lipinski definition) is 5. The van der Waals surface area contributed by atoms with Crippen LogP contribution in [-0.4, -0.2) is 23.5 Å². The first-order valence-electron chi connectivity index (χ1n) is 9.08. The van der Waals surface area contributed by atoms with E-state index in [1.165, 1.54) is 18.2 Å². The largest absolute Gasteiger partial charge is 0.493 e. The molecule has 0 fully saturated rings. The molecule has 28 heavy (non-hydrogen) atoms. The van der Waals surface area contributed by atoms with Crippen LogP contribution in [0.4, 0.5) is 11.4 Å². The van der Waals surface area contributed by atoms with Gasteiger partial charge in [0.25, 0.3) is 5.69 Å². The molecule has 0 aliphatic carbocycles. The second kappa shape index (κ2) is 8.12. The van der Waals surface area contributed by atoms with Gasteiger partial charge in [0, 0.05) is 29.7 Å². The highest BCUT2D eigenvalue weighted by molar-refractivity contribution is 6.02. The molecule has 0 aromatic heterocycles. The van der Waals surface area contributed by atoms with Gasteiger partial charge in [-0.25, -0.2) is 0 Å². The number of benzene rings is 2. The van der Waals surface area contributed by atoms with Gasteiger partial charge in [0.15, 0.2) is 0 Å². The predicted molar refractivity (Wildman–Crippen MR) is 107 cm³/mol. The fourth-order valence-corrected chi connectivity index (χ4v) is 3.16. The summed E-state index contributed by atoms with van der Waals surface area (Å²) in [6, 6.07) is 8.39. The van der Waals surface area contributed by atoms with Gasteiger partial charge in [0.05, 0.1) is 22.8 Å². The van der Waals surface area contributed by atoms with Crippen molar-refractivity contribution in [1.29, 1.82) is 0 Å². The Morgan fingerprint density at radius 2 is 2.21 bits per heavy atom. The Balaban J connectivity index is 1.80. The van der Waals surface area contributed by atoms with Crippen LogP contribution in [0.5, 0.6) is 11.5 Å². The van der Waals surface area contributed by atoms with Gasteiger partial charge in [-0.2, -0.15) is 0 Å². The minimum Gasteiger partial charge on any atom is -0.493 e. The SMILES string of the molecule is CCOc1cc2c(cc1/C=C/C(=O)Nc1cccc([N+](=O)[O-])c1C)O[C@H](C)C2. The predicted octanol–water partition coefficient (Wildman–Crippen LogP) is 4.28. The number of amides is 1. The average molecular weight is 382 g/mol. The van der Waals surface area contributed by atoms with Crippen LogP contribution in [0, 0.1) is 17.0 Å². The van der Waals surface area contributed by atoms with Crippen LogP contribution in [0.15, 0.2) is 36.4 Å². The number of nitro benzene ring substituents is 1. The Morgan fingerprint density at radius 3 is 2.93 bits per heavy atom. The maximum Gasteiger partial charge on any atom is 0.274 e. The molecule has 0 saturated carbocycles. The molecule has 1 atom stereocenters. The summed E-state index contributed by atoms with van der Waals surface area (Å²) in [6.07, 6.45) is 3.97. The van der Waals surface area contributed by atoms with Crippen LogP contribution < -0.4 is 14.8 Å². The highest BCUT2D eigenvalue weighted by atomic mass is 16.6. The van der Waals surface area contributed by atoms with Gasteiger partial charge in [0.1, 0.15) is 17.6 Å². The minimum absolute atomic E-state index is 0.0368. The molecular weight excluding hydrogens is 360 g/mol. The van der Waals surface area contributed by atoms with Gasteiger partial charge >= 0.3 is 0 Å². The number of fused-ring (bicyclic) bond motifs is 1. The molecule has 0 bridgehead atoms. The van der Waals surface area contributed by atoms with Gasteiger partial charge in [0.2, 0.25) is 5.91 Å². The number of nitrogens with one attached hydrogen (secondary N) is 1. The molecule has 0 saturated heterocycles. The Hall–Kier alpha value is -3.35. The molecule has 7 heteroatoms. The van der Waals surface area contributed by atoms with E-state index in [1.54, 1.807) is 19.1 Å². The van der Waals surface area contributed by atoms with E-state index < -0.39 is 4.92 Å². The lowest BCUT2D eigenvalue weighted by Crippen LogP contribution is -2.09. The lowest BCUT2D eigenvalue weighted by atomic mass is 10.1. The monoisotopic (exact) mass is 382 g/mol. The van der Waals surface area contributed by atoms with Crippen LogP contribution >= 0.6 is 0 Å². The molecule has 1 amide bonds.